The molecule has 3 aromatic heterocycles. The number of allylic oxidation sites excluding steroid dienone is 1. The van der Waals surface area contributed by atoms with Crippen LogP contribution in [-0.2, 0) is 26.7 Å². The monoisotopic (exact) mass is 778 g/mol. The van der Waals surface area contributed by atoms with Crippen molar-refractivity contribution < 1.29 is 24.5 Å². The number of benzene rings is 4. The average Bonchev–Trinajstić information content (AvgIpc) is 3.84. The molecule has 1 radical (unpaired) electrons. The Morgan fingerprint density at radius 1 is 0.870 bits per heavy atom. The van der Waals surface area contributed by atoms with Crippen molar-refractivity contribution in [1.29, 1.82) is 0 Å². The van der Waals surface area contributed by atoms with Crippen molar-refractivity contribution in [2.75, 3.05) is 0 Å². The van der Waals surface area contributed by atoms with Gasteiger partial charge in [0.05, 0.1) is 22.4 Å². The van der Waals surface area contributed by atoms with Gasteiger partial charge in [0.1, 0.15) is 5.58 Å². The molecule has 0 amide bonds. The molecule has 46 heavy (non-hydrogen) atoms. The zero-order chi connectivity index (χ0) is 30.3. The van der Waals surface area contributed by atoms with E-state index in [1.54, 1.807) is 0 Å². The van der Waals surface area contributed by atoms with Gasteiger partial charge in [-0.3, -0.25) is 4.98 Å². The van der Waals surface area contributed by atoms with Crippen LogP contribution in [0.4, 0.5) is 0 Å². The Balaban J connectivity index is 0.000000145. The Bertz CT molecular complexity index is 2180. The van der Waals surface area contributed by atoms with E-state index in [0.717, 1.165) is 56.6 Å². The molecule has 1 saturated carbocycles. The quantitative estimate of drug-likeness (QED) is 0.167. The van der Waals surface area contributed by atoms with Crippen LogP contribution >= 0.6 is 0 Å². The van der Waals surface area contributed by atoms with Crippen molar-refractivity contribution in [1.82, 2.24) is 14.5 Å². The summed E-state index contributed by atoms with van der Waals surface area (Å²) in [5, 5.41) is 2.28. The molecule has 0 unspecified atom stereocenters. The fourth-order valence-electron chi connectivity index (χ4n) is 6.98. The summed E-state index contributed by atoms with van der Waals surface area (Å²) >= 11 is 0. The zero-order valence-corrected chi connectivity index (χ0v) is 28.5. The Kier molecular flexibility index (Phi) is 8.46. The zero-order valence-electron chi connectivity index (χ0n) is 26.1. The molecule has 0 bridgehead atoms. The molecule has 4 heterocycles. The van der Waals surface area contributed by atoms with Gasteiger partial charge in [-0.2, -0.15) is 0 Å². The van der Waals surface area contributed by atoms with Crippen molar-refractivity contribution in [2.45, 2.75) is 52.0 Å². The second kappa shape index (κ2) is 12.8. The molecule has 9 rings (SSSR count). The number of rotatable bonds is 4. The summed E-state index contributed by atoms with van der Waals surface area (Å²) < 4.78 is 8.47. The van der Waals surface area contributed by atoms with Crippen LogP contribution in [0.15, 0.2) is 107 Å². The van der Waals surface area contributed by atoms with E-state index >= 15 is 0 Å². The summed E-state index contributed by atoms with van der Waals surface area (Å²) in [7, 11) is 0. The van der Waals surface area contributed by atoms with Crippen LogP contribution in [-0.4, -0.2) is 14.5 Å². The summed E-state index contributed by atoms with van der Waals surface area (Å²) in [4.78, 5) is 9.46. The Hall–Kier alpha value is -4.31. The number of nitrogens with zero attached hydrogens (tertiary/aromatic N) is 3. The fraction of sp³-hybridized carbons (Fsp3) is 0.220. The van der Waals surface area contributed by atoms with Gasteiger partial charge in [-0.15, -0.1) is 54.1 Å². The second-order valence-corrected chi connectivity index (χ2v) is 12.5. The molecule has 0 atom stereocenters. The first-order valence-corrected chi connectivity index (χ1v) is 16.1. The van der Waals surface area contributed by atoms with E-state index in [1.165, 1.54) is 47.9 Å². The van der Waals surface area contributed by atoms with Crippen LogP contribution in [0, 0.1) is 18.1 Å². The summed E-state index contributed by atoms with van der Waals surface area (Å²) in [6, 6.07) is 37.7. The van der Waals surface area contributed by atoms with Crippen LogP contribution < -0.4 is 0 Å². The van der Waals surface area contributed by atoms with Gasteiger partial charge in [-0.25, -0.2) is 0 Å². The summed E-state index contributed by atoms with van der Waals surface area (Å²) in [6.45, 7) is 5.42. The van der Waals surface area contributed by atoms with Gasteiger partial charge in [0, 0.05) is 38.2 Å². The Morgan fingerprint density at radius 2 is 1.72 bits per heavy atom. The molecule has 5 heteroatoms. The molecule has 0 spiro atoms. The van der Waals surface area contributed by atoms with E-state index < -0.39 is 0 Å². The van der Waals surface area contributed by atoms with E-state index in [4.69, 9.17) is 9.40 Å². The number of fused-ring (bicyclic) bond motifs is 3. The average molecular weight is 778 g/mol. The predicted molar refractivity (Wildman–Crippen MR) is 184 cm³/mol. The molecular formula is C41H35IrN3O-2. The number of hydrogen-bond donors (Lipinski definition) is 0. The normalized spacial score (nSPS) is 14.4. The van der Waals surface area contributed by atoms with Gasteiger partial charge in [0.15, 0.2) is 0 Å². The minimum absolute atomic E-state index is 0. The minimum atomic E-state index is 0. The maximum atomic E-state index is 6.13. The van der Waals surface area contributed by atoms with Gasteiger partial charge in [-0.05, 0) is 59.7 Å². The van der Waals surface area contributed by atoms with E-state index in [-0.39, 0.29) is 20.1 Å². The summed E-state index contributed by atoms with van der Waals surface area (Å²) in [5.41, 5.74) is 11.2. The molecule has 0 N–H and O–H groups in total. The molecular weight excluding hydrogens is 743 g/mol. The van der Waals surface area contributed by atoms with Gasteiger partial charge >= 0.3 is 0 Å². The number of para-hydroxylation sites is 2. The third-order valence-corrected chi connectivity index (χ3v) is 9.38. The van der Waals surface area contributed by atoms with Gasteiger partial charge in [0.2, 0.25) is 0 Å². The van der Waals surface area contributed by atoms with Crippen LogP contribution in [0.1, 0.15) is 56.6 Å². The molecule has 7 aromatic rings. The molecule has 2 aliphatic rings. The van der Waals surface area contributed by atoms with E-state index in [1.807, 2.05) is 48.7 Å². The van der Waals surface area contributed by atoms with Crippen molar-refractivity contribution in [3.8, 4) is 22.6 Å². The third-order valence-electron chi connectivity index (χ3n) is 9.38. The molecule has 0 saturated heterocycles. The van der Waals surface area contributed by atoms with E-state index in [9.17, 15) is 0 Å². The number of furan rings is 1. The van der Waals surface area contributed by atoms with Gasteiger partial charge in [-0.1, -0.05) is 85.7 Å². The van der Waals surface area contributed by atoms with Crippen molar-refractivity contribution in [3.05, 3.63) is 126 Å². The van der Waals surface area contributed by atoms with Gasteiger partial charge in [0.25, 0.3) is 0 Å². The maximum absolute atomic E-state index is 6.13. The Labute approximate surface area is 283 Å². The largest absolute Gasteiger partial charge is 0.501 e. The third kappa shape index (κ3) is 5.53. The topological polar surface area (TPSA) is 43.9 Å². The standard InChI is InChI=1S/C22H18NO.C19H17N2.Ir/c1-2-7-15(6-1)16-12-13-23-20(14-16)19-10-5-9-18-17-8-3-4-11-21(17)24-22(18)19;1-13(2)16-11-15-9-6-10-17-18(15)21(12-16)19(20-17)14-7-4-3-5-8-14;/h3-5,8-9,11-15H,1-2,6-7H2;3-7,9-11,13H,12H2,1-2H3;/q2*-1;. The van der Waals surface area contributed by atoms with E-state index in [2.05, 4.69) is 90.1 Å². The fourth-order valence-corrected chi connectivity index (χ4v) is 6.98. The second-order valence-electron chi connectivity index (χ2n) is 12.5. The van der Waals surface area contributed by atoms with Crippen LogP contribution in [0.25, 0.3) is 61.7 Å². The predicted octanol–water partition coefficient (Wildman–Crippen LogP) is 10.7. The molecule has 1 aliphatic carbocycles. The number of imidazole rings is 1. The number of aromatic nitrogens is 3. The number of hydrogen-bond acceptors (Lipinski definition) is 3. The van der Waals surface area contributed by atoms with Crippen molar-refractivity contribution >= 4 is 39.0 Å². The maximum Gasteiger partial charge on any atom is 0.120 e. The smallest absolute Gasteiger partial charge is 0.120 e. The first kappa shape index (κ1) is 30.3. The van der Waals surface area contributed by atoms with Crippen LogP contribution in [0.2, 0.25) is 0 Å². The summed E-state index contributed by atoms with van der Waals surface area (Å²) in [6.07, 6.45) is 9.52. The molecule has 4 nitrogen and oxygen atoms in total. The minimum Gasteiger partial charge on any atom is -0.501 e. The first-order chi connectivity index (χ1) is 22.1. The molecule has 4 aromatic carbocycles. The van der Waals surface area contributed by atoms with Crippen molar-refractivity contribution in [3.63, 3.8) is 0 Å². The SMILES string of the molecule is CC(C)C1=Cc2cccc3nc(-c4[c-]cccc4)n(c23)C1.[Ir].[c-]1ccc2c(oc3ccccc32)c1-c1cc(C2CCCC2)ccn1. The first-order valence-electron chi connectivity index (χ1n) is 16.1. The van der Waals surface area contributed by atoms with E-state index in [0.29, 0.717) is 11.8 Å². The molecule has 1 aliphatic heterocycles. The van der Waals surface area contributed by atoms with Gasteiger partial charge < -0.3 is 14.0 Å². The molecule has 1 fully saturated rings. The molecule has 231 valence electrons. The van der Waals surface area contributed by atoms with Crippen LogP contribution in [0.3, 0.4) is 0 Å². The van der Waals surface area contributed by atoms with Crippen LogP contribution in [0.5, 0.6) is 0 Å². The Morgan fingerprint density at radius 3 is 2.54 bits per heavy atom. The van der Waals surface area contributed by atoms with Crippen molar-refractivity contribution in [2.24, 2.45) is 5.92 Å². The summed E-state index contributed by atoms with van der Waals surface area (Å²) in [5.74, 6) is 2.24. The number of pyridine rings is 1.